The Hall–Kier alpha value is -1.62. The molecule has 3 aliphatic rings. The van der Waals surface area contributed by atoms with Crippen LogP contribution in [0.5, 0.6) is 0 Å². The van der Waals surface area contributed by atoms with E-state index in [0.29, 0.717) is 6.42 Å². The molecule has 0 aromatic carbocycles. The molecule has 3 aliphatic carbocycles. The molecule has 0 aromatic rings. The third kappa shape index (κ3) is 3.06. The van der Waals surface area contributed by atoms with Crippen molar-refractivity contribution in [3.63, 3.8) is 0 Å². The molecule has 5 heteroatoms. The molecule has 3 rings (SSSR count). The predicted octanol–water partition coefficient (Wildman–Crippen LogP) is 4.10. The predicted molar refractivity (Wildman–Crippen MR) is 118 cm³/mol. The van der Waals surface area contributed by atoms with Crippen molar-refractivity contribution in [2.45, 2.75) is 86.7 Å². The monoisotopic (exact) mass is 430 g/mol. The van der Waals surface area contributed by atoms with Gasteiger partial charge in [0.15, 0.2) is 23.1 Å². The van der Waals surface area contributed by atoms with Crippen molar-refractivity contribution >= 4 is 23.1 Å². The Kier molecular flexibility index (Phi) is 5.58. The Labute approximate surface area is 186 Å². The number of aliphatic hydroxyl groups is 1. The zero-order chi connectivity index (χ0) is 23.7. The minimum atomic E-state index is -1.36. The van der Waals surface area contributed by atoms with Gasteiger partial charge in [0.2, 0.25) is 0 Å². The number of carbonyl (C=O) groups is 4. The second-order valence-electron chi connectivity index (χ2n) is 11.7. The van der Waals surface area contributed by atoms with Gasteiger partial charge in [-0.1, -0.05) is 39.3 Å². The molecule has 3 saturated carbocycles. The Morgan fingerprint density at radius 2 is 1.74 bits per heavy atom. The fourth-order valence-electron chi connectivity index (χ4n) is 6.97. The lowest BCUT2D eigenvalue weighted by atomic mass is 9.57. The van der Waals surface area contributed by atoms with Gasteiger partial charge in [0.1, 0.15) is 5.92 Å². The van der Waals surface area contributed by atoms with Gasteiger partial charge < -0.3 is 5.11 Å². The number of ketones is 4. The van der Waals surface area contributed by atoms with Crippen LogP contribution >= 0.6 is 0 Å². The highest BCUT2D eigenvalue weighted by Gasteiger charge is 2.80. The molecule has 0 aromatic heterocycles. The highest BCUT2D eigenvalue weighted by Crippen LogP contribution is 2.72. The van der Waals surface area contributed by atoms with Crippen LogP contribution in [0, 0.1) is 39.9 Å². The molecular formula is C26H38O5. The molecular weight excluding hydrogens is 392 g/mol. The number of hydrogen-bond acceptors (Lipinski definition) is 5. The van der Waals surface area contributed by atoms with E-state index < -0.39 is 45.2 Å². The molecule has 6 atom stereocenters. The summed E-state index contributed by atoms with van der Waals surface area (Å²) in [6, 6.07) is 0. The maximum atomic E-state index is 14.1. The van der Waals surface area contributed by atoms with E-state index in [4.69, 9.17) is 0 Å². The molecule has 5 nitrogen and oxygen atoms in total. The van der Waals surface area contributed by atoms with E-state index >= 15 is 0 Å². The summed E-state index contributed by atoms with van der Waals surface area (Å²) in [6.07, 6.45) is 3.17. The minimum absolute atomic E-state index is 0.208. The van der Waals surface area contributed by atoms with Crippen LogP contribution in [0.25, 0.3) is 0 Å². The lowest BCUT2D eigenvalue weighted by molar-refractivity contribution is -0.161. The summed E-state index contributed by atoms with van der Waals surface area (Å²) in [5.74, 6) is -4.06. The van der Waals surface area contributed by atoms with E-state index in [1.165, 1.54) is 0 Å². The summed E-state index contributed by atoms with van der Waals surface area (Å²) in [7, 11) is 0. The summed E-state index contributed by atoms with van der Waals surface area (Å²) in [5, 5.41) is 10.9. The summed E-state index contributed by atoms with van der Waals surface area (Å²) in [4.78, 5) is 55.0. The normalized spacial score (nSPS) is 37.6. The number of rotatable bonds is 6. The first-order valence-electron chi connectivity index (χ1n) is 11.6. The Morgan fingerprint density at radius 1 is 1.16 bits per heavy atom. The van der Waals surface area contributed by atoms with Gasteiger partial charge in [0.05, 0.1) is 16.4 Å². The van der Waals surface area contributed by atoms with Gasteiger partial charge in [-0.25, -0.2) is 0 Å². The topological polar surface area (TPSA) is 88.5 Å². The fourth-order valence-corrected chi connectivity index (χ4v) is 6.97. The molecule has 1 spiro atoms. The molecule has 0 heterocycles. The summed E-state index contributed by atoms with van der Waals surface area (Å²) >= 11 is 0. The molecule has 0 aliphatic heterocycles. The molecule has 0 amide bonds. The van der Waals surface area contributed by atoms with Gasteiger partial charge in [0, 0.05) is 5.92 Å². The molecule has 3 unspecified atom stereocenters. The average Bonchev–Trinajstić information content (AvgIpc) is 3.03. The van der Waals surface area contributed by atoms with E-state index in [9.17, 15) is 24.3 Å². The molecule has 31 heavy (non-hydrogen) atoms. The van der Waals surface area contributed by atoms with Crippen LogP contribution in [0.2, 0.25) is 0 Å². The van der Waals surface area contributed by atoms with E-state index in [1.807, 2.05) is 40.7 Å². The van der Waals surface area contributed by atoms with Crippen LogP contribution < -0.4 is 0 Å². The van der Waals surface area contributed by atoms with E-state index in [1.54, 1.807) is 20.8 Å². The summed E-state index contributed by atoms with van der Waals surface area (Å²) < 4.78 is 0. The molecule has 0 radical (unpaired) electrons. The molecule has 172 valence electrons. The first-order chi connectivity index (χ1) is 14.1. The smallest absolute Gasteiger partial charge is 0.164 e. The second-order valence-corrected chi connectivity index (χ2v) is 11.7. The third-order valence-corrected chi connectivity index (χ3v) is 8.84. The highest BCUT2D eigenvalue weighted by molar-refractivity contribution is 6.37. The lowest BCUT2D eigenvalue weighted by Crippen LogP contribution is -2.59. The summed E-state index contributed by atoms with van der Waals surface area (Å²) in [5.41, 5.74) is -3.28. The van der Waals surface area contributed by atoms with Crippen LogP contribution in [0.15, 0.2) is 11.6 Å². The third-order valence-electron chi connectivity index (χ3n) is 8.84. The van der Waals surface area contributed by atoms with Gasteiger partial charge in [-0.15, -0.1) is 0 Å². The maximum absolute atomic E-state index is 14.1. The van der Waals surface area contributed by atoms with Gasteiger partial charge in [0.25, 0.3) is 0 Å². The van der Waals surface area contributed by atoms with Gasteiger partial charge >= 0.3 is 0 Å². The number of fused-ring (bicyclic) bond motifs is 1. The second kappa shape index (κ2) is 7.19. The van der Waals surface area contributed by atoms with Crippen molar-refractivity contribution in [1.82, 2.24) is 0 Å². The first kappa shape index (κ1) is 24.0. The van der Waals surface area contributed by atoms with Crippen LogP contribution in [0.4, 0.5) is 0 Å². The molecule has 0 saturated heterocycles. The van der Waals surface area contributed by atoms with E-state index in [2.05, 4.69) is 0 Å². The molecule has 3 fully saturated rings. The van der Waals surface area contributed by atoms with Crippen LogP contribution in [0.3, 0.4) is 0 Å². The quantitative estimate of drug-likeness (QED) is 0.506. The van der Waals surface area contributed by atoms with Crippen molar-refractivity contribution < 1.29 is 24.3 Å². The maximum Gasteiger partial charge on any atom is 0.164 e. The van der Waals surface area contributed by atoms with Crippen LogP contribution in [-0.4, -0.2) is 33.8 Å². The number of hydrogen-bond donors (Lipinski definition) is 1. The lowest BCUT2D eigenvalue weighted by Gasteiger charge is -2.41. The molecule has 2 bridgehead atoms. The molecule has 1 N–H and O–H groups in total. The van der Waals surface area contributed by atoms with Crippen molar-refractivity contribution in [1.29, 1.82) is 0 Å². The van der Waals surface area contributed by atoms with Crippen molar-refractivity contribution in [2.24, 2.45) is 39.9 Å². The van der Waals surface area contributed by atoms with Crippen molar-refractivity contribution in [3.05, 3.63) is 11.6 Å². The summed E-state index contributed by atoms with van der Waals surface area (Å²) in [6.45, 7) is 14.9. The average molecular weight is 431 g/mol. The van der Waals surface area contributed by atoms with Crippen molar-refractivity contribution in [2.75, 3.05) is 0 Å². The van der Waals surface area contributed by atoms with Crippen LogP contribution in [0.1, 0.15) is 81.1 Å². The highest BCUT2D eigenvalue weighted by atomic mass is 16.3. The first-order valence-corrected chi connectivity index (χ1v) is 11.6. The standard InChI is InChI=1S/C26H38O5/c1-9-15(4)19(27)18-20(28)25(11-10-14(2)3)12-17-23(5,6)16(24(7,8)31)13-26(17,21(18)29)22(25)30/h10,15-18,31H,9,11-13H2,1-8H3/t15?,16-,17-,18?,25?,26+/m1/s1. The van der Waals surface area contributed by atoms with Gasteiger partial charge in [-0.3, -0.25) is 19.2 Å². The van der Waals surface area contributed by atoms with Crippen LogP contribution in [-0.2, 0) is 19.2 Å². The van der Waals surface area contributed by atoms with E-state index in [0.717, 1.165) is 5.57 Å². The zero-order valence-corrected chi connectivity index (χ0v) is 20.3. The number of carbonyl (C=O) groups excluding carboxylic acids is 4. The Balaban J connectivity index is 2.24. The number of allylic oxidation sites excluding steroid dienone is 2. The fraction of sp³-hybridized carbons (Fsp3) is 0.769. The van der Waals surface area contributed by atoms with Crippen molar-refractivity contribution in [3.8, 4) is 0 Å². The Morgan fingerprint density at radius 3 is 2.23 bits per heavy atom. The minimum Gasteiger partial charge on any atom is -0.390 e. The van der Waals surface area contributed by atoms with Gasteiger partial charge in [-0.05, 0) is 70.6 Å². The van der Waals surface area contributed by atoms with E-state index in [-0.39, 0.29) is 42.7 Å². The number of Topliss-reactive ketones (excluding diaryl/α,β-unsaturated/α-hetero) is 4. The SMILES string of the molecule is CCC(C)C(=O)C1C(=O)C2(CC=C(C)C)C[C@@H]3C(C)(C)[C@H](C(C)(C)O)C[C@]3(C1=O)C2=O. The largest absolute Gasteiger partial charge is 0.390 e. The zero-order valence-electron chi connectivity index (χ0n) is 20.3. The Bertz CT molecular complexity index is 869. The van der Waals surface area contributed by atoms with Gasteiger partial charge in [-0.2, -0.15) is 0 Å².